The van der Waals surface area contributed by atoms with Gasteiger partial charge >= 0.3 is 0 Å². The molecule has 0 fully saturated rings. The second kappa shape index (κ2) is 6.11. The predicted molar refractivity (Wildman–Crippen MR) is 99.1 cm³/mol. The molecule has 3 nitrogen and oxygen atoms in total. The molecular formula is C19H18ClNO2S. The maximum absolute atomic E-state index is 12.4. The fourth-order valence-corrected chi connectivity index (χ4v) is 3.98. The van der Waals surface area contributed by atoms with Gasteiger partial charge in [0.05, 0.1) is 4.90 Å². The third-order valence-electron chi connectivity index (χ3n) is 4.11. The van der Waals surface area contributed by atoms with E-state index in [0.29, 0.717) is 9.92 Å². The Balaban J connectivity index is 2.44. The fourth-order valence-electron chi connectivity index (χ4n) is 2.96. The number of rotatable bonds is 3. The van der Waals surface area contributed by atoms with Crippen LogP contribution in [0.15, 0.2) is 59.6 Å². The highest BCUT2D eigenvalue weighted by Gasteiger charge is 2.22. The Morgan fingerprint density at radius 3 is 2.17 bits per heavy atom. The molecule has 0 saturated heterocycles. The highest BCUT2D eigenvalue weighted by Crippen LogP contribution is 2.39. The summed E-state index contributed by atoms with van der Waals surface area (Å²) >= 11 is 6.01. The van der Waals surface area contributed by atoms with Crippen LogP contribution in [0.25, 0.3) is 22.4 Å². The molecule has 0 aliphatic carbocycles. The summed E-state index contributed by atoms with van der Waals surface area (Å²) in [5.74, 6) is 0. The summed E-state index contributed by atoms with van der Waals surface area (Å²) in [7, 11) is -1.46. The van der Waals surface area contributed by atoms with E-state index >= 15 is 0 Å². The summed E-state index contributed by atoms with van der Waals surface area (Å²) in [5, 5.41) is 0.649. The zero-order valence-electron chi connectivity index (χ0n) is 13.7. The van der Waals surface area contributed by atoms with Crippen LogP contribution in [0, 0.1) is 6.92 Å². The molecule has 0 unspecified atom stereocenters. The van der Waals surface area contributed by atoms with Gasteiger partial charge in [0, 0.05) is 35.8 Å². The van der Waals surface area contributed by atoms with Crippen molar-refractivity contribution in [3.63, 3.8) is 0 Å². The minimum absolute atomic E-state index is 0.333. The standard InChI is InChI=1S/C19H18ClNO2S/c1-13-6-11-17(24(3,22)23)19(16-5-4-12-21(16)2)18(13)14-7-9-15(20)10-8-14/h4-12H,1-3H3. The lowest BCUT2D eigenvalue weighted by atomic mass is 9.93. The van der Waals surface area contributed by atoms with Crippen molar-refractivity contribution in [2.45, 2.75) is 11.8 Å². The number of aryl methyl sites for hydroxylation is 2. The monoisotopic (exact) mass is 359 g/mol. The van der Waals surface area contributed by atoms with Gasteiger partial charge in [0.25, 0.3) is 0 Å². The summed E-state index contributed by atoms with van der Waals surface area (Å²) in [6, 6.07) is 14.9. The Morgan fingerprint density at radius 1 is 0.958 bits per heavy atom. The molecule has 1 heterocycles. The van der Waals surface area contributed by atoms with E-state index in [0.717, 1.165) is 27.9 Å². The van der Waals surface area contributed by atoms with Gasteiger partial charge in [-0.2, -0.15) is 0 Å². The van der Waals surface area contributed by atoms with Crippen LogP contribution in [0.1, 0.15) is 5.56 Å². The van der Waals surface area contributed by atoms with Crippen LogP contribution in [-0.4, -0.2) is 19.2 Å². The number of benzene rings is 2. The average Bonchev–Trinajstić information content (AvgIpc) is 2.92. The first-order valence-corrected chi connectivity index (χ1v) is 9.77. The van der Waals surface area contributed by atoms with E-state index < -0.39 is 9.84 Å². The molecule has 2 aromatic carbocycles. The van der Waals surface area contributed by atoms with E-state index in [4.69, 9.17) is 11.6 Å². The van der Waals surface area contributed by atoms with Gasteiger partial charge in [0.15, 0.2) is 9.84 Å². The molecule has 0 radical (unpaired) electrons. The van der Waals surface area contributed by atoms with Crippen LogP contribution in [0.5, 0.6) is 0 Å². The topological polar surface area (TPSA) is 39.1 Å². The minimum atomic E-state index is -3.37. The first-order valence-electron chi connectivity index (χ1n) is 7.50. The van der Waals surface area contributed by atoms with Crippen LogP contribution < -0.4 is 0 Å². The van der Waals surface area contributed by atoms with E-state index in [2.05, 4.69) is 0 Å². The van der Waals surface area contributed by atoms with Crippen LogP contribution in [0.2, 0.25) is 5.02 Å². The van der Waals surface area contributed by atoms with Gasteiger partial charge in [-0.05, 0) is 53.9 Å². The van der Waals surface area contributed by atoms with E-state index in [9.17, 15) is 8.42 Å². The summed E-state index contributed by atoms with van der Waals surface area (Å²) in [6.07, 6.45) is 3.16. The van der Waals surface area contributed by atoms with Crippen molar-refractivity contribution in [1.82, 2.24) is 4.57 Å². The number of hydrogen-bond donors (Lipinski definition) is 0. The molecule has 0 amide bonds. The van der Waals surface area contributed by atoms with Crippen molar-refractivity contribution in [3.05, 3.63) is 65.3 Å². The second-order valence-corrected chi connectivity index (χ2v) is 8.33. The maximum Gasteiger partial charge on any atom is 0.176 e. The number of aromatic nitrogens is 1. The Morgan fingerprint density at radius 2 is 1.62 bits per heavy atom. The molecule has 0 bridgehead atoms. The van der Waals surface area contributed by atoms with Crippen LogP contribution >= 0.6 is 11.6 Å². The van der Waals surface area contributed by atoms with Gasteiger partial charge < -0.3 is 4.57 Å². The van der Waals surface area contributed by atoms with Gasteiger partial charge in [-0.25, -0.2) is 8.42 Å². The Hall–Kier alpha value is -2.04. The van der Waals surface area contributed by atoms with Crippen molar-refractivity contribution in [3.8, 4) is 22.4 Å². The molecule has 24 heavy (non-hydrogen) atoms. The maximum atomic E-state index is 12.4. The second-order valence-electron chi connectivity index (χ2n) is 5.91. The van der Waals surface area contributed by atoms with E-state index in [1.54, 1.807) is 6.07 Å². The molecular weight excluding hydrogens is 342 g/mol. The zero-order chi connectivity index (χ0) is 17.5. The smallest absolute Gasteiger partial charge is 0.176 e. The minimum Gasteiger partial charge on any atom is -0.351 e. The highest BCUT2D eigenvalue weighted by molar-refractivity contribution is 7.90. The molecule has 0 spiro atoms. The van der Waals surface area contributed by atoms with Crippen LogP contribution in [0.4, 0.5) is 0 Å². The molecule has 0 aliphatic rings. The van der Waals surface area contributed by atoms with Crippen molar-refractivity contribution in [1.29, 1.82) is 0 Å². The fraction of sp³-hybridized carbons (Fsp3) is 0.158. The molecule has 5 heteroatoms. The summed E-state index contributed by atoms with van der Waals surface area (Å²) in [6.45, 7) is 1.99. The zero-order valence-corrected chi connectivity index (χ0v) is 15.3. The molecule has 0 atom stereocenters. The van der Waals surface area contributed by atoms with Gasteiger partial charge in [0.1, 0.15) is 0 Å². The number of halogens is 1. The number of nitrogens with zero attached hydrogens (tertiary/aromatic N) is 1. The molecule has 1 aromatic heterocycles. The first-order chi connectivity index (χ1) is 11.3. The van der Waals surface area contributed by atoms with Crippen molar-refractivity contribution in [2.75, 3.05) is 6.26 Å². The largest absolute Gasteiger partial charge is 0.351 e. The third kappa shape index (κ3) is 2.99. The van der Waals surface area contributed by atoms with Gasteiger partial charge in [-0.3, -0.25) is 0 Å². The SMILES string of the molecule is Cc1ccc(S(C)(=O)=O)c(-c2cccn2C)c1-c1ccc(Cl)cc1. The molecule has 0 aliphatic heterocycles. The number of sulfone groups is 1. The molecule has 3 aromatic rings. The quantitative estimate of drug-likeness (QED) is 0.678. The Kier molecular flexibility index (Phi) is 4.28. The highest BCUT2D eigenvalue weighted by atomic mass is 35.5. The first kappa shape index (κ1) is 16.8. The summed E-state index contributed by atoms with van der Waals surface area (Å²) in [4.78, 5) is 0.333. The van der Waals surface area contributed by atoms with Gasteiger partial charge in [-0.15, -0.1) is 0 Å². The normalized spacial score (nSPS) is 11.7. The van der Waals surface area contributed by atoms with Crippen LogP contribution in [-0.2, 0) is 16.9 Å². The van der Waals surface area contributed by atoms with Gasteiger partial charge in [0.2, 0.25) is 0 Å². The lowest BCUT2D eigenvalue weighted by Gasteiger charge is -2.18. The summed E-state index contributed by atoms with van der Waals surface area (Å²) < 4.78 is 26.7. The lowest BCUT2D eigenvalue weighted by Crippen LogP contribution is -2.05. The molecule has 0 saturated carbocycles. The molecule has 124 valence electrons. The van der Waals surface area contributed by atoms with E-state index in [1.807, 2.05) is 67.2 Å². The van der Waals surface area contributed by atoms with Gasteiger partial charge in [-0.1, -0.05) is 29.8 Å². The van der Waals surface area contributed by atoms with Crippen molar-refractivity contribution >= 4 is 21.4 Å². The molecule has 3 rings (SSSR count). The Bertz CT molecular complexity index is 1000. The summed E-state index contributed by atoms with van der Waals surface area (Å²) in [5.41, 5.74) is 4.47. The Labute approximate surface area is 147 Å². The van der Waals surface area contributed by atoms with E-state index in [-0.39, 0.29) is 0 Å². The third-order valence-corrected chi connectivity index (χ3v) is 5.50. The predicted octanol–water partition coefficient (Wildman–Crippen LogP) is 4.72. The van der Waals surface area contributed by atoms with Crippen molar-refractivity contribution in [2.24, 2.45) is 7.05 Å². The van der Waals surface area contributed by atoms with E-state index in [1.165, 1.54) is 6.26 Å². The number of hydrogen-bond acceptors (Lipinski definition) is 2. The average molecular weight is 360 g/mol. The van der Waals surface area contributed by atoms with Crippen LogP contribution in [0.3, 0.4) is 0 Å². The molecule has 0 N–H and O–H groups in total. The lowest BCUT2D eigenvalue weighted by molar-refractivity contribution is 0.602. The van der Waals surface area contributed by atoms with Crippen molar-refractivity contribution < 1.29 is 8.42 Å².